The number of rotatable bonds is 4. The van der Waals surface area contributed by atoms with E-state index in [0.29, 0.717) is 0 Å². The van der Waals surface area contributed by atoms with E-state index in [4.69, 9.17) is 5.73 Å². The van der Waals surface area contributed by atoms with E-state index < -0.39 is 5.91 Å². The van der Waals surface area contributed by atoms with E-state index in [2.05, 4.69) is 15.9 Å². The highest BCUT2D eigenvalue weighted by atomic mass is 16.2. The smallest absolute Gasteiger partial charge is 0.252 e. The lowest BCUT2D eigenvalue weighted by Gasteiger charge is -2.16. The number of aromatic nitrogens is 1. The highest BCUT2D eigenvalue weighted by molar-refractivity contribution is 6.01. The number of hydrogen-bond donors (Lipinski definition) is 3. The van der Waals surface area contributed by atoms with Gasteiger partial charge in [-0.3, -0.25) is 19.8 Å². The van der Waals surface area contributed by atoms with Gasteiger partial charge in [0, 0.05) is 19.0 Å². The summed E-state index contributed by atoms with van der Waals surface area (Å²) < 4.78 is 0. The molecule has 18 heavy (non-hydrogen) atoms. The van der Waals surface area contributed by atoms with Gasteiger partial charge in [-0.15, -0.1) is 5.53 Å². The van der Waals surface area contributed by atoms with Crippen molar-refractivity contribution in [2.24, 2.45) is 5.73 Å². The number of imide groups is 1. The van der Waals surface area contributed by atoms with Crippen molar-refractivity contribution in [3.8, 4) is 0 Å². The van der Waals surface area contributed by atoms with E-state index in [1.165, 1.54) is 12.3 Å². The third kappa shape index (κ3) is 2.28. The zero-order valence-corrected chi connectivity index (χ0v) is 9.34. The van der Waals surface area contributed by atoms with Crippen LogP contribution in [0.25, 0.3) is 0 Å². The van der Waals surface area contributed by atoms with Gasteiger partial charge in [-0.2, -0.15) is 5.01 Å². The highest BCUT2D eigenvalue weighted by Crippen LogP contribution is 2.11. The van der Waals surface area contributed by atoms with Crippen molar-refractivity contribution in [1.82, 2.24) is 15.5 Å². The number of anilines is 1. The van der Waals surface area contributed by atoms with E-state index >= 15 is 0 Å². The molecule has 0 aromatic carbocycles. The molecule has 0 atom stereocenters. The van der Waals surface area contributed by atoms with Crippen LogP contribution in [0.2, 0.25) is 0 Å². The Kier molecular flexibility index (Phi) is 3.20. The van der Waals surface area contributed by atoms with Crippen LogP contribution in [-0.2, 0) is 9.59 Å². The minimum Gasteiger partial charge on any atom is -0.365 e. The van der Waals surface area contributed by atoms with E-state index in [1.807, 2.05) is 0 Å². The van der Waals surface area contributed by atoms with Gasteiger partial charge >= 0.3 is 0 Å². The molecule has 0 bridgehead atoms. The Labute approximate surface area is 102 Å². The Morgan fingerprint density at radius 1 is 1.33 bits per heavy atom. The second kappa shape index (κ2) is 4.80. The number of hydrazine groups is 2. The molecule has 1 aromatic heterocycles. The first-order chi connectivity index (χ1) is 8.59. The number of nitrogens with zero attached hydrogens (tertiary/aromatic N) is 2. The summed E-state index contributed by atoms with van der Waals surface area (Å²) in [5, 5.41) is 0.847. The maximum absolute atomic E-state index is 11.3. The van der Waals surface area contributed by atoms with Gasteiger partial charge in [0.05, 0.1) is 5.56 Å². The van der Waals surface area contributed by atoms with Gasteiger partial charge in [-0.05, 0) is 12.1 Å². The molecule has 94 valence electrons. The fourth-order valence-corrected chi connectivity index (χ4v) is 1.51. The fourth-order valence-electron chi connectivity index (χ4n) is 1.51. The summed E-state index contributed by atoms with van der Waals surface area (Å²) in [5.74, 6) is -1.20. The zero-order chi connectivity index (χ0) is 13.1. The topological polar surface area (TPSA) is 117 Å². The van der Waals surface area contributed by atoms with Crippen LogP contribution in [0, 0.1) is 0 Å². The van der Waals surface area contributed by atoms with Crippen LogP contribution in [-0.4, -0.2) is 27.7 Å². The van der Waals surface area contributed by atoms with Crippen molar-refractivity contribution in [1.29, 1.82) is 0 Å². The Bertz CT molecular complexity index is 500. The molecule has 1 aromatic rings. The van der Waals surface area contributed by atoms with Crippen molar-refractivity contribution in [2.45, 2.75) is 12.8 Å². The minimum absolute atomic E-state index is 0.150. The number of carbonyl (C=O) groups is 3. The maximum Gasteiger partial charge on any atom is 0.252 e. The summed E-state index contributed by atoms with van der Waals surface area (Å²) in [5.41, 5.74) is 10.2. The average Bonchev–Trinajstić information content (AvgIpc) is 2.67. The van der Waals surface area contributed by atoms with Gasteiger partial charge in [0.1, 0.15) is 0 Å². The lowest BCUT2D eigenvalue weighted by molar-refractivity contribution is -0.141. The molecule has 1 fully saturated rings. The average molecular weight is 249 g/mol. The molecule has 8 heteroatoms. The first kappa shape index (κ1) is 12.0. The summed E-state index contributed by atoms with van der Waals surface area (Å²) in [6, 6.07) is 3.03. The minimum atomic E-state index is -0.661. The fraction of sp³-hybridized carbons (Fsp3) is 0.200. The van der Waals surface area contributed by atoms with Gasteiger partial charge in [0.25, 0.3) is 5.91 Å². The normalized spacial score (nSPS) is 15.0. The number of nitrogens with two attached hydrogens (primary N) is 1. The second-order valence-corrected chi connectivity index (χ2v) is 3.62. The Morgan fingerprint density at radius 3 is 2.61 bits per heavy atom. The van der Waals surface area contributed by atoms with Crippen LogP contribution in [0.5, 0.6) is 0 Å². The molecule has 0 unspecified atom stereocenters. The molecule has 8 nitrogen and oxygen atoms in total. The van der Waals surface area contributed by atoms with E-state index in [-0.39, 0.29) is 36.0 Å². The SMILES string of the molecule is NC(=O)c1cccnc1NNN1C(=O)CCC1=O. The molecule has 0 spiro atoms. The van der Waals surface area contributed by atoms with Gasteiger partial charge < -0.3 is 5.73 Å². The van der Waals surface area contributed by atoms with Gasteiger partial charge in [-0.25, -0.2) is 4.98 Å². The predicted molar refractivity (Wildman–Crippen MR) is 60.6 cm³/mol. The predicted octanol–water partition coefficient (Wildman–Crippen LogP) is -0.839. The standard InChI is InChI=1S/C10H11N5O3/c11-9(18)6-2-1-5-12-10(6)13-14-15-7(16)3-4-8(15)17/h1-2,5,14H,3-4H2,(H2,11,18)(H,12,13). The molecule has 2 rings (SSSR count). The molecule has 1 aliphatic heterocycles. The lowest BCUT2D eigenvalue weighted by atomic mass is 10.2. The Morgan fingerprint density at radius 2 is 2.00 bits per heavy atom. The molecule has 3 amide bonds. The van der Waals surface area contributed by atoms with Gasteiger partial charge in [-0.1, -0.05) is 0 Å². The Hall–Kier alpha value is -2.48. The largest absolute Gasteiger partial charge is 0.365 e. The third-order valence-corrected chi connectivity index (χ3v) is 2.41. The maximum atomic E-state index is 11.3. The van der Waals surface area contributed by atoms with Crippen LogP contribution in [0.15, 0.2) is 18.3 Å². The first-order valence-electron chi connectivity index (χ1n) is 5.22. The number of hydrogen-bond acceptors (Lipinski definition) is 6. The zero-order valence-electron chi connectivity index (χ0n) is 9.34. The number of primary amides is 1. The van der Waals surface area contributed by atoms with Crippen molar-refractivity contribution in [3.63, 3.8) is 0 Å². The number of amides is 3. The summed E-state index contributed by atoms with van der Waals surface area (Å²) >= 11 is 0. The van der Waals surface area contributed by atoms with E-state index in [1.54, 1.807) is 6.07 Å². The van der Waals surface area contributed by atoms with E-state index in [0.717, 1.165) is 5.01 Å². The van der Waals surface area contributed by atoms with Crippen LogP contribution in [0.4, 0.5) is 5.82 Å². The van der Waals surface area contributed by atoms with Crippen molar-refractivity contribution < 1.29 is 14.4 Å². The monoisotopic (exact) mass is 249 g/mol. The molecule has 0 aliphatic carbocycles. The number of nitrogens with one attached hydrogen (secondary N) is 2. The van der Waals surface area contributed by atoms with E-state index in [9.17, 15) is 14.4 Å². The molecular formula is C10H11N5O3. The van der Waals surface area contributed by atoms with Gasteiger partial charge in [0.15, 0.2) is 5.82 Å². The van der Waals surface area contributed by atoms with Crippen LogP contribution >= 0.6 is 0 Å². The lowest BCUT2D eigenvalue weighted by Crippen LogP contribution is -2.45. The van der Waals surface area contributed by atoms with Crippen molar-refractivity contribution in [2.75, 3.05) is 5.43 Å². The Balaban J connectivity index is 2.09. The molecular weight excluding hydrogens is 238 g/mol. The second-order valence-electron chi connectivity index (χ2n) is 3.62. The van der Waals surface area contributed by atoms with Gasteiger partial charge in [0.2, 0.25) is 11.8 Å². The molecule has 4 N–H and O–H groups in total. The molecule has 1 aliphatic rings. The molecule has 0 saturated carbocycles. The quantitative estimate of drug-likeness (QED) is 0.473. The summed E-state index contributed by atoms with van der Waals surface area (Å²) in [4.78, 5) is 37.6. The summed E-state index contributed by atoms with van der Waals surface area (Å²) in [7, 11) is 0. The highest BCUT2D eigenvalue weighted by Gasteiger charge is 2.29. The molecule has 1 saturated heterocycles. The van der Waals surface area contributed by atoms with Crippen molar-refractivity contribution >= 4 is 23.5 Å². The van der Waals surface area contributed by atoms with Crippen LogP contribution in [0.1, 0.15) is 23.2 Å². The van der Waals surface area contributed by atoms with Crippen LogP contribution in [0.3, 0.4) is 0 Å². The summed E-state index contributed by atoms with van der Waals surface area (Å²) in [6.07, 6.45) is 1.78. The number of carbonyl (C=O) groups excluding carboxylic acids is 3. The molecule has 0 radical (unpaired) electrons. The number of pyridine rings is 1. The first-order valence-corrected chi connectivity index (χ1v) is 5.22. The van der Waals surface area contributed by atoms with Crippen molar-refractivity contribution in [3.05, 3.63) is 23.9 Å². The molecule has 2 heterocycles. The summed E-state index contributed by atoms with van der Waals surface area (Å²) in [6.45, 7) is 0. The third-order valence-electron chi connectivity index (χ3n) is 2.41. The van der Waals surface area contributed by atoms with Crippen LogP contribution < -0.4 is 16.7 Å².